The predicted molar refractivity (Wildman–Crippen MR) is 142 cm³/mol. The Labute approximate surface area is 213 Å². The lowest BCUT2D eigenvalue weighted by atomic mass is 9.87. The monoisotopic (exact) mass is 543 g/mol. The molecule has 0 bridgehead atoms. The van der Waals surface area contributed by atoms with Crippen molar-refractivity contribution >= 4 is 44.1 Å². The largest absolute Gasteiger partial charge is 0.492 e. The lowest BCUT2D eigenvalue weighted by molar-refractivity contribution is -0.116. The molecule has 180 valence electrons. The van der Waals surface area contributed by atoms with Gasteiger partial charge in [-0.05, 0) is 57.9 Å². The third kappa shape index (κ3) is 6.70. The molecular weight excluding hydrogens is 514 g/mol. The Morgan fingerprint density at radius 1 is 1.09 bits per heavy atom. The topological polar surface area (TPSA) is 64.6 Å². The van der Waals surface area contributed by atoms with Crippen molar-refractivity contribution in [1.82, 2.24) is 0 Å². The molecule has 5 nitrogen and oxygen atoms in total. The maximum atomic E-state index is 12.6. The Hall–Kier alpha value is -2.64. The van der Waals surface area contributed by atoms with Gasteiger partial charge in [0.25, 0.3) is 0 Å². The van der Waals surface area contributed by atoms with E-state index in [1.165, 1.54) is 16.9 Å². The van der Waals surface area contributed by atoms with E-state index < -0.39 is 5.97 Å². The number of esters is 1. The highest BCUT2D eigenvalue weighted by atomic mass is 79.9. The Kier molecular flexibility index (Phi) is 8.91. The van der Waals surface area contributed by atoms with Crippen LogP contribution in [0.3, 0.4) is 0 Å². The average Bonchev–Trinajstić information content (AvgIpc) is 3.21. The first-order chi connectivity index (χ1) is 16.2. The molecule has 3 rings (SSSR count). The van der Waals surface area contributed by atoms with Crippen LogP contribution in [-0.2, 0) is 14.9 Å². The van der Waals surface area contributed by atoms with E-state index in [0.717, 1.165) is 21.3 Å². The van der Waals surface area contributed by atoms with Crippen molar-refractivity contribution in [2.75, 3.05) is 18.5 Å². The standard InChI is InChI=1S/C27H30BrNO4S/c1-5-32-26(31)24-20(18-10-7-6-8-11-18)17-34-25(24)29-23(30)12-9-15-33-22-14-13-19(16-21(22)28)27(2,3)4/h6-8,10-11,13-14,16-17H,5,9,12,15H2,1-4H3,(H,29,30). The van der Waals surface area contributed by atoms with Crippen LogP contribution in [0.4, 0.5) is 5.00 Å². The van der Waals surface area contributed by atoms with Crippen LogP contribution in [-0.4, -0.2) is 25.1 Å². The lowest BCUT2D eigenvalue weighted by Crippen LogP contribution is -2.15. The zero-order chi connectivity index (χ0) is 24.7. The van der Waals surface area contributed by atoms with Gasteiger partial charge in [-0.25, -0.2) is 4.79 Å². The van der Waals surface area contributed by atoms with Gasteiger partial charge in [0.05, 0.1) is 17.7 Å². The maximum Gasteiger partial charge on any atom is 0.341 e. The molecule has 7 heteroatoms. The zero-order valence-electron chi connectivity index (χ0n) is 19.9. The van der Waals surface area contributed by atoms with Crippen molar-refractivity contribution in [3.63, 3.8) is 0 Å². The van der Waals surface area contributed by atoms with Crippen LogP contribution in [0.25, 0.3) is 11.1 Å². The van der Waals surface area contributed by atoms with E-state index >= 15 is 0 Å². The summed E-state index contributed by atoms with van der Waals surface area (Å²) >= 11 is 4.90. The van der Waals surface area contributed by atoms with Crippen LogP contribution in [0.2, 0.25) is 0 Å². The molecule has 3 aromatic rings. The number of carbonyl (C=O) groups excluding carboxylic acids is 2. The summed E-state index contributed by atoms with van der Waals surface area (Å²) in [5, 5.41) is 5.27. The summed E-state index contributed by atoms with van der Waals surface area (Å²) in [6.45, 7) is 8.93. The van der Waals surface area contributed by atoms with E-state index in [2.05, 4.69) is 54.2 Å². The molecule has 0 fully saturated rings. The van der Waals surface area contributed by atoms with Crippen LogP contribution >= 0.6 is 27.3 Å². The first-order valence-electron chi connectivity index (χ1n) is 11.3. The fourth-order valence-corrected chi connectivity index (χ4v) is 4.84. The molecule has 0 saturated carbocycles. The fourth-order valence-electron chi connectivity index (χ4n) is 3.37. The molecule has 0 radical (unpaired) electrons. The minimum Gasteiger partial charge on any atom is -0.492 e. The molecule has 0 spiro atoms. The van der Waals surface area contributed by atoms with Crippen molar-refractivity contribution in [3.05, 3.63) is 69.5 Å². The van der Waals surface area contributed by atoms with Crippen molar-refractivity contribution in [2.24, 2.45) is 0 Å². The van der Waals surface area contributed by atoms with Gasteiger partial charge in [-0.1, -0.05) is 57.2 Å². The number of halogens is 1. The molecule has 1 aromatic heterocycles. The minimum atomic E-state index is -0.440. The zero-order valence-corrected chi connectivity index (χ0v) is 22.3. The van der Waals surface area contributed by atoms with Gasteiger partial charge in [-0.3, -0.25) is 4.79 Å². The molecule has 0 aliphatic carbocycles. The van der Waals surface area contributed by atoms with E-state index in [-0.39, 0.29) is 24.3 Å². The molecule has 2 aromatic carbocycles. The van der Waals surface area contributed by atoms with Crippen LogP contribution in [0.5, 0.6) is 5.75 Å². The summed E-state index contributed by atoms with van der Waals surface area (Å²) in [7, 11) is 0. The second kappa shape index (κ2) is 11.7. The van der Waals surface area contributed by atoms with E-state index in [1.807, 2.05) is 41.8 Å². The van der Waals surface area contributed by atoms with Crippen LogP contribution < -0.4 is 10.1 Å². The number of anilines is 1. The third-order valence-electron chi connectivity index (χ3n) is 5.21. The highest BCUT2D eigenvalue weighted by Gasteiger charge is 2.22. The summed E-state index contributed by atoms with van der Waals surface area (Å²) in [6.07, 6.45) is 0.823. The van der Waals surface area contributed by atoms with Crippen molar-refractivity contribution in [3.8, 4) is 16.9 Å². The molecule has 1 heterocycles. The van der Waals surface area contributed by atoms with Crippen molar-refractivity contribution in [2.45, 2.75) is 46.0 Å². The van der Waals surface area contributed by atoms with Crippen molar-refractivity contribution < 1.29 is 19.1 Å². The predicted octanol–water partition coefficient (Wildman–Crippen LogP) is 7.45. The Balaban J connectivity index is 1.60. The summed E-state index contributed by atoms with van der Waals surface area (Å²) in [6, 6.07) is 15.7. The minimum absolute atomic E-state index is 0.0592. The van der Waals surface area contributed by atoms with Gasteiger partial charge < -0.3 is 14.8 Å². The smallest absolute Gasteiger partial charge is 0.341 e. The van der Waals surface area contributed by atoms with Gasteiger partial charge in [0, 0.05) is 17.4 Å². The number of hydrogen-bond donors (Lipinski definition) is 1. The van der Waals surface area contributed by atoms with E-state index in [9.17, 15) is 9.59 Å². The second-order valence-corrected chi connectivity index (χ2v) is 10.6. The molecule has 0 atom stereocenters. The van der Waals surface area contributed by atoms with Crippen molar-refractivity contribution in [1.29, 1.82) is 0 Å². The molecular formula is C27H30BrNO4S. The average molecular weight is 545 g/mol. The first-order valence-corrected chi connectivity index (χ1v) is 12.9. The highest BCUT2D eigenvalue weighted by molar-refractivity contribution is 9.10. The Morgan fingerprint density at radius 2 is 1.82 bits per heavy atom. The van der Waals surface area contributed by atoms with E-state index in [0.29, 0.717) is 23.6 Å². The molecule has 34 heavy (non-hydrogen) atoms. The fraction of sp³-hybridized carbons (Fsp3) is 0.333. The molecule has 0 aliphatic rings. The normalized spacial score (nSPS) is 11.2. The van der Waals surface area contributed by atoms with Gasteiger partial charge in [0.1, 0.15) is 16.3 Å². The van der Waals surface area contributed by atoms with E-state index in [1.54, 1.807) is 6.92 Å². The third-order valence-corrected chi connectivity index (χ3v) is 6.73. The lowest BCUT2D eigenvalue weighted by Gasteiger charge is -2.20. The number of rotatable bonds is 9. The van der Waals surface area contributed by atoms with E-state index in [4.69, 9.17) is 9.47 Å². The summed E-state index contributed by atoms with van der Waals surface area (Å²) in [4.78, 5) is 25.2. The highest BCUT2D eigenvalue weighted by Crippen LogP contribution is 2.36. The second-order valence-electron chi connectivity index (χ2n) is 8.84. The number of thiophene rings is 1. The van der Waals surface area contributed by atoms with Crippen LogP contribution in [0.15, 0.2) is 58.4 Å². The number of ether oxygens (including phenoxy) is 2. The maximum absolute atomic E-state index is 12.6. The molecule has 1 N–H and O–H groups in total. The van der Waals surface area contributed by atoms with Gasteiger partial charge in [-0.15, -0.1) is 11.3 Å². The van der Waals surface area contributed by atoms with Gasteiger partial charge in [-0.2, -0.15) is 0 Å². The molecule has 1 amide bonds. The van der Waals surface area contributed by atoms with Gasteiger partial charge in [0.15, 0.2) is 0 Å². The summed E-state index contributed by atoms with van der Waals surface area (Å²) < 4.78 is 12.0. The molecule has 0 aliphatic heterocycles. The number of nitrogens with one attached hydrogen (secondary N) is 1. The van der Waals surface area contributed by atoms with Crippen LogP contribution in [0, 0.1) is 0 Å². The van der Waals surface area contributed by atoms with Gasteiger partial charge in [0.2, 0.25) is 5.91 Å². The summed E-state index contributed by atoms with van der Waals surface area (Å²) in [5.41, 5.74) is 3.33. The summed E-state index contributed by atoms with van der Waals surface area (Å²) in [5.74, 6) is 0.145. The number of benzene rings is 2. The first kappa shape index (κ1) is 26.0. The molecule has 0 unspecified atom stereocenters. The number of amides is 1. The SMILES string of the molecule is CCOC(=O)c1c(-c2ccccc2)csc1NC(=O)CCCOc1ccc(C(C)(C)C)cc1Br. The van der Waals surface area contributed by atoms with Crippen LogP contribution in [0.1, 0.15) is 56.5 Å². The quantitative estimate of drug-likeness (QED) is 0.225. The van der Waals surface area contributed by atoms with Gasteiger partial charge >= 0.3 is 5.97 Å². The number of hydrogen-bond acceptors (Lipinski definition) is 5. The Bertz CT molecular complexity index is 1140. The number of carbonyl (C=O) groups is 2. The molecule has 0 saturated heterocycles. The Morgan fingerprint density at radius 3 is 2.47 bits per heavy atom.